The molecular formula is C20H23ClN4O5S2. The van der Waals surface area contributed by atoms with Gasteiger partial charge in [0.2, 0.25) is 11.8 Å². The largest absolute Gasteiger partial charge is 0.351 e. The molecule has 12 heteroatoms. The van der Waals surface area contributed by atoms with Crippen LogP contribution in [-0.2, 0) is 26.2 Å². The summed E-state index contributed by atoms with van der Waals surface area (Å²) in [6.07, 6.45) is 0. The van der Waals surface area contributed by atoms with Gasteiger partial charge in [-0.3, -0.25) is 14.4 Å². The van der Waals surface area contributed by atoms with Crippen LogP contribution in [0.2, 0.25) is 5.02 Å². The fourth-order valence-corrected chi connectivity index (χ4v) is 5.62. The van der Waals surface area contributed by atoms with Gasteiger partial charge in [0.05, 0.1) is 13.1 Å². The first-order valence-electron chi connectivity index (χ1n) is 9.81. The summed E-state index contributed by atoms with van der Waals surface area (Å²) in [5, 5.41) is 3.08. The van der Waals surface area contributed by atoms with Crippen molar-refractivity contribution in [2.45, 2.75) is 17.7 Å². The molecule has 0 radical (unpaired) electrons. The number of carbonyl (C=O) groups is 3. The van der Waals surface area contributed by atoms with E-state index in [4.69, 9.17) is 11.6 Å². The Morgan fingerprint density at radius 2 is 1.75 bits per heavy atom. The Hall–Kier alpha value is -2.47. The molecule has 1 aliphatic heterocycles. The van der Waals surface area contributed by atoms with Gasteiger partial charge in [0.15, 0.2) is 0 Å². The normalized spacial score (nSPS) is 14.3. The van der Waals surface area contributed by atoms with Crippen LogP contribution in [-0.4, -0.2) is 68.7 Å². The van der Waals surface area contributed by atoms with E-state index < -0.39 is 10.0 Å². The van der Waals surface area contributed by atoms with Gasteiger partial charge in [-0.05, 0) is 30.3 Å². The van der Waals surface area contributed by atoms with Crippen LogP contribution in [0.1, 0.15) is 22.2 Å². The van der Waals surface area contributed by atoms with E-state index >= 15 is 0 Å². The Labute approximate surface area is 195 Å². The lowest BCUT2D eigenvalue weighted by atomic mass is 10.2. The first-order valence-corrected chi connectivity index (χ1v) is 12.5. The molecule has 0 aliphatic carbocycles. The number of carbonyl (C=O) groups excluding carboxylic acids is 3. The molecule has 9 nitrogen and oxygen atoms in total. The minimum absolute atomic E-state index is 0.0718. The summed E-state index contributed by atoms with van der Waals surface area (Å²) in [5.74, 6) is -0.729. The lowest BCUT2D eigenvalue weighted by Gasteiger charge is -2.34. The van der Waals surface area contributed by atoms with E-state index in [1.54, 1.807) is 35.2 Å². The topological polar surface area (TPSA) is 116 Å². The predicted octanol–water partition coefficient (Wildman–Crippen LogP) is 1.30. The number of sulfonamides is 1. The highest BCUT2D eigenvalue weighted by Crippen LogP contribution is 2.21. The molecule has 0 bridgehead atoms. The summed E-state index contributed by atoms with van der Waals surface area (Å²) in [6.45, 7) is 2.57. The minimum Gasteiger partial charge on any atom is -0.351 e. The third-order valence-electron chi connectivity index (χ3n) is 4.82. The predicted molar refractivity (Wildman–Crippen MR) is 121 cm³/mol. The number of amides is 3. The summed E-state index contributed by atoms with van der Waals surface area (Å²) < 4.78 is 27.3. The zero-order valence-corrected chi connectivity index (χ0v) is 19.7. The van der Waals surface area contributed by atoms with E-state index in [0.29, 0.717) is 41.6 Å². The summed E-state index contributed by atoms with van der Waals surface area (Å²) in [7, 11) is -3.84. The number of thiophene rings is 1. The molecule has 2 aromatic rings. The van der Waals surface area contributed by atoms with E-state index in [9.17, 15) is 22.8 Å². The SMILES string of the molecule is CC(=O)NCc1ccc(S(=O)(=O)NCC(=O)N2CCN(C(=O)c3cccc(Cl)c3)CC2)s1. The minimum atomic E-state index is -3.84. The highest BCUT2D eigenvalue weighted by atomic mass is 35.5. The van der Waals surface area contributed by atoms with E-state index in [-0.39, 0.29) is 35.0 Å². The smallest absolute Gasteiger partial charge is 0.254 e. The van der Waals surface area contributed by atoms with Crippen LogP contribution in [0.25, 0.3) is 0 Å². The van der Waals surface area contributed by atoms with E-state index in [2.05, 4.69) is 10.0 Å². The molecule has 3 amide bonds. The number of nitrogens with zero attached hydrogens (tertiary/aromatic N) is 2. The first-order chi connectivity index (χ1) is 15.2. The molecule has 1 aromatic carbocycles. The Bertz CT molecular complexity index is 1110. The molecule has 2 heterocycles. The fraction of sp³-hybridized carbons (Fsp3) is 0.350. The second-order valence-electron chi connectivity index (χ2n) is 7.14. The van der Waals surface area contributed by atoms with Gasteiger partial charge in [-0.1, -0.05) is 17.7 Å². The Balaban J connectivity index is 1.49. The van der Waals surface area contributed by atoms with Gasteiger partial charge >= 0.3 is 0 Å². The molecule has 0 atom stereocenters. The zero-order chi connectivity index (χ0) is 23.3. The number of benzene rings is 1. The van der Waals surface area contributed by atoms with Crippen LogP contribution < -0.4 is 10.0 Å². The molecule has 1 aliphatic rings. The van der Waals surface area contributed by atoms with Crippen LogP contribution in [0, 0.1) is 0 Å². The van der Waals surface area contributed by atoms with Crippen molar-refractivity contribution in [3.05, 3.63) is 51.9 Å². The van der Waals surface area contributed by atoms with Crippen molar-refractivity contribution in [1.29, 1.82) is 0 Å². The van der Waals surface area contributed by atoms with Crippen LogP contribution >= 0.6 is 22.9 Å². The molecule has 1 fully saturated rings. The first kappa shape index (κ1) is 24.2. The van der Waals surface area contributed by atoms with Crippen molar-refractivity contribution in [3.8, 4) is 0 Å². The molecule has 32 heavy (non-hydrogen) atoms. The maximum absolute atomic E-state index is 12.6. The summed E-state index contributed by atoms with van der Waals surface area (Å²) >= 11 is 6.97. The number of piperazine rings is 1. The van der Waals surface area contributed by atoms with Crippen LogP contribution in [0.5, 0.6) is 0 Å². The maximum atomic E-state index is 12.6. The lowest BCUT2D eigenvalue weighted by Crippen LogP contribution is -2.52. The fourth-order valence-electron chi connectivity index (χ4n) is 3.11. The van der Waals surface area contributed by atoms with Crippen molar-refractivity contribution in [2.75, 3.05) is 32.7 Å². The Kier molecular flexibility index (Phi) is 7.88. The van der Waals surface area contributed by atoms with Crippen molar-refractivity contribution in [1.82, 2.24) is 19.8 Å². The maximum Gasteiger partial charge on any atom is 0.254 e. The Morgan fingerprint density at radius 1 is 1.06 bits per heavy atom. The number of halogens is 1. The van der Waals surface area contributed by atoms with Gasteiger partial charge in [-0.25, -0.2) is 13.1 Å². The highest BCUT2D eigenvalue weighted by Gasteiger charge is 2.26. The van der Waals surface area contributed by atoms with Crippen LogP contribution in [0.15, 0.2) is 40.6 Å². The van der Waals surface area contributed by atoms with E-state index in [1.165, 1.54) is 17.9 Å². The number of nitrogens with one attached hydrogen (secondary N) is 2. The molecule has 172 valence electrons. The lowest BCUT2D eigenvalue weighted by molar-refractivity contribution is -0.131. The third kappa shape index (κ3) is 6.28. The summed E-state index contributed by atoms with van der Waals surface area (Å²) in [6, 6.07) is 9.74. The zero-order valence-electron chi connectivity index (χ0n) is 17.3. The van der Waals surface area contributed by atoms with Crippen molar-refractivity contribution in [2.24, 2.45) is 0 Å². The number of hydrogen-bond acceptors (Lipinski definition) is 6. The van der Waals surface area contributed by atoms with Crippen molar-refractivity contribution < 1.29 is 22.8 Å². The molecule has 1 aromatic heterocycles. The van der Waals surface area contributed by atoms with E-state index in [1.807, 2.05) is 0 Å². The molecule has 1 saturated heterocycles. The van der Waals surface area contributed by atoms with Gasteiger partial charge in [-0.2, -0.15) is 0 Å². The number of rotatable bonds is 7. The summed E-state index contributed by atoms with van der Waals surface area (Å²) in [4.78, 5) is 39.9. The molecule has 0 spiro atoms. The summed E-state index contributed by atoms with van der Waals surface area (Å²) in [5.41, 5.74) is 0.485. The molecule has 3 rings (SSSR count). The van der Waals surface area contributed by atoms with Crippen LogP contribution in [0.4, 0.5) is 0 Å². The van der Waals surface area contributed by atoms with Gasteiger partial charge in [0.1, 0.15) is 4.21 Å². The second kappa shape index (κ2) is 10.4. The number of hydrogen-bond donors (Lipinski definition) is 2. The van der Waals surface area contributed by atoms with Gasteiger partial charge < -0.3 is 15.1 Å². The molecular weight excluding hydrogens is 476 g/mol. The van der Waals surface area contributed by atoms with Gasteiger partial charge in [0.25, 0.3) is 15.9 Å². The molecule has 2 N–H and O–H groups in total. The monoisotopic (exact) mass is 498 g/mol. The van der Waals surface area contributed by atoms with Gasteiger partial charge in [0, 0.05) is 48.6 Å². The van der Waals surface area contributed by atoms with Crippen LogP contribution in [0.3, 0.4) is 0 Å². The average molecular weight is 499 g/mol. The quantitative estimate of drug-likeness (QED) is 0.597. The van der Waals surface area contributed by atoms with E-state index in [0.717, 1.165) is 11.3 Å². The van der Waals surface area contributed by atoms with Gasteiger partial charge in [-0.15, -0.1) is 11.3 Å². The third-order valence-corrected chi connectivity index (χ3v) is 8.03. The second-order valence-corrected chi connectivity index (χ2v) is 10.7. The molecule has 0 unspecified atom stereocenters. The Morgan fingerprint density at radius 3 is 2.41 bits per heavy atom. The standard InChI is InChI=1S/C20H23ClN4O5S2/c1-14(26)22-12-17-5-6-19(31-17)32(29,30)23-13-18(27)24-7-9-25(10-8-24)20(28)15-3-2-4-16(21)11-15/h2-6,11,23H,7-10,12-13H2,1H3,(H,22,26). The molecule has 0 saturated carbocycles. The van der Waals surface area contributed by atoms with Crippen molar-refractivity contribution in [3.63, 3.8) is 0 Å². The van der Waals surface area contributed by atoms with Crippen molar-refractivity contribution >= 4 is 50.7 Å². The average Bonchev–Trinajstić information content (AvgIpc) is 3.26. The highest BCUT2D eigenvalue weighted by molar-refractivity contribution is 7.91.